The Bertz CT molecular complexity index is 925. The van der Waals surface area contributed by atoms with Gasteiger partial charge in [-0.1, -0.05) is 30.7 Å². The molecule has 3 nitrogen and oxygen atoms in total. The number of benzene rings is 2. The molecule has 28 heavy (non-hydrogen) atoms. The summed E-state index contributed by atoms with van der Waals surface area (Å²) in [6.45, 7) is 2.78. The van der Waals surface area contributed by atoms with Crippen molar-refractivity contribution in [2.24, 2.45) is 0 Å². The van der Waals surface area contributed by atoms with E-state index in [4.69, 9.17) is 0 Å². The van der Waals surface area contributed by atoms with Gasteiger partial charge in [-0.2, -0.15) is 0 Å². The lowest BCUT2D eigenvalue weighted by molar-refractivity contribution is -0.121. The van der Waals surface area contributed by atoms with E-state index in [1.165, 1.54) is 11.1 Å². The average molecular weight is 378 g/mol. The molecule has 146 valence electrons. The second-order valence-corrected chi connectivity index (χ2v) is 8.59. The first-order valence-electron chi connectivity index (χ1n) is 10.6. The van der Waals surface area contributed by atoms with E-state index in [-0.39, 0.29) is 17.1 Å². The molecule has 2 aliphatic heterocycles. The third-order valence-corrected chi connectivity index (χ3v) is 6.98. The number of fused-ring (bicyclic) bond motifs is 1. The minimum atomic E-state index is -0.304. The summed E-state index contributed by atoms with van der Waals surface area (Å²) < 4.78 is 13.9. The molecule has 0 bridgehead atoms. The summed E-state index contributed by atoms with van der Waals surface area (Å²) in [5.74, 6) is 0.146. The third-order valence-electron chi connectivity index (χ3n) is 6.98. The van der Waals surface area contributed by atoms with Crippen LogP contribution in [-0.2, 0) is 29.6 Å². The Morgan fingerprint density at radius 3 is 2.86 bits per heavy atom. The zero-order chi connectivity index (χ0) is 19.1. The lowest BCUT2D eigenvalue weighted by Gasteiger charge is -2.33. The molecule has 2 heterocycles. The molecule has 1 amide bonds. The molecule has 1 N–H and O–H groups in total. The minimum Gasteiger partial charge on any atom is -0.325 e. The summed E-state index contributed by atoms with van der Waals surface area (Å²) >= 11 is 0. The molecule has 0 saturated carbocycles. The number of anilines is 1. The Morgan fingerprint density at radius 1 is 1.07 bits per heavy atom. The van der Waals surface area contributed by atoms with Crippen LogP contribution in [-0.4, -0.2) is 23.9 Å². The van der Waals surface area contributed by atoms with Gasteiger partial charge in [-0.25, -0.2) is 4.39 Å². The van der Waals surface area contributed by atoms with Crippen LogP contribution in [0.4, 0.5) is 10.1 Å². The summed E-state index contributed by atoms with van der Waals surface area (Å²) in [5.41, 5.74) is 5.40. The second kappa shape index (κ2) is 7.00. The van der Waals surface area contributed by atoms with Crippen LogP contribution in [0.1, 0.15) is 54.4 Å². The number of halogens is 1. The van der Waals surface area contributed by atoms with Crippen molar-refractivity contribution in [2.75, 3.05) is 18.4 Å². The molecular weight excluding hydrogens is 351 g/mol. The standard InChI is InChI=1S/C24H27FN2O/c25-20-9-3-7-18-16-27(15-11-19(18)20)14-2-1-12-24-13-5-8-17-6-4-10-21(22(17)24)26-23(24)28/h3-4,6-7,9-10H,1-2,5,8,11-16H2,(H,26,28). The number of carbonyl (C=O) groups is 1. The zero-order valence-electron chi connectivity index (χ0n) is 16.3. The Kier molecular flexibility index (Phi) is 4.47. The number of hydrogen-bond acceptors (Lipinski definition) is 2. The smallest absolute Gasteiger partial charge is 0.235 e. The van der Waals surface area contributed by atoms with Gasteiger partial charge in [0.1, 0.15) is 5.82 Å². The average Bonchev–Trinajstić information content (AvgIpc) is 2.99. The van der Waals surface area contributed by atoms with Crippen molar-refractivity contribution in [3.8, 4) is 0 Å². The van der Waals surface area contributed by atoms with E-state index >= 15 is 0 Å². The summed E-state index contributed by atoms with van der Waals surface area (Å²) in [6.07, 6.45) is 7.01. The topological polar surface area (TPSA) is 32.3 Å². The lowest BCUT2D eigenvalue weighted by Crippen LogP contribution is -2.37. The highest BCUT2D eigenvalue weighted by Crippen LogP contribution is 2.49. The maximum absolute atomic E-state index is 13.9. The molecule has 0 radical (unpaired) electrons. The van der Waals surface area contributed by atoms with E-state index in [9.17, 15) is 9.18 Å². The van der Waals surface area contributed by atoms with Crippen LogP contribution in [0.5, 0.6) is 0 Å². The number of aryl methyl sites for hydroxylation is 1. The van der Waals surface area contributed by atoms with Crippen LogP contribution in [0.3, 0.4) is 0 Å². The van der Waals surface area contributed by atoms with Gasteiger partial charge in [-0.3, -0.25) is 9.69 Å². The largest absolute Gasteiger partial charge is 0.325 e. The van der Waals surface area contributed by atoms with Crippen LogP contribution in [0, 0.1) is 5.82 Å². The molecule has 5 rings (SSSR count). The highest BCUT2D eigenvalue weighted by molar-refractivity contribution is 6.07. The molecular formula is C24H27FN2O. The monoisotopic (exact) mass is 378 g/mol. The van der Waals surface area contributed by atoms with Crippen molar-refractivity contribution in [2.45, 2.75) is 56.9 Å². The van der Waals surface area contributed by atoms with Crippen molar-refractivity contribution in [3.05, 3.63) is 64.5 Å². The summed E-state index contributed by atoms with van der Waals surface area (Å²) in [4.78, 5) is 15.3. The van der Waals surface area contributed by atoms with Gasteiger partial charge in [-0.15, -0.1) is 0 Å². The van der Waals surface area contributed by atoms with E-state index < -0.39 is 0 Å². The number of nitrogens with zero attached hydrogens (tertiary/aromatic N) is 1. The number of nitrogens with one attached hydrogen (secondary N) is 1. The van der Waals surface area contributed by atoms with Crippen LogP contribution < -0.4 is 5.32 Å². The van der Waals surface area contributed by atoms with Crippen molar-refractivity contribution in [1.82, 2.24) is 4.90 Å². The molecule has 4 heteroatoms. The summed E-state index contributed by atoms with van der Waals surface area (Å²) in [7, 11) is 0. The number of unbranched alkanes of at least 4 members (excludes halogenated alkanes) is 1. The maximum Gasteiger partial charge on any atom is 0.235 e. The molecule has 0 saturated heterocycles. The van der Waals surface area contributed by atoms with Crippen LogP contribution in [0.25, 0.3) is 0 Å². The zero-order valence-corrected chi connectivity index (χ0v) is 16.3. The molecule has 2 aromatic rings. The number of rotatable bonds is 5. The molecule has 0 fully saturated rings. The van der Waals surface area contributed by atoms with Crippen LogP contribution in [0.2, 0.25) is 0 Å². The van der Waals surface area contributed by atoms with Crippen molar-refractivity contribution >= 4 is 11.6 Å². The first-order valence-corrected chi connectivity index (χ1v) is 10.6. The molecule has 3 aliphatic rings. The molecule has 2 aromatic carbocycles. The fourth-order valence-corrected chi connectivity index (χ4v) is 5.59. The van der Waals surface area contributed by atoms with Gasteiger partial charge in [0.05, 0.1) is 5.41 Å². The normalized spacial score (nSPS) is 23.2. The van der Waals surface area contributed by atoms with Crippen LogP contribution >= 0.6 is 0 Å². The van der Waals surface area contributed by atoms with Gasteiger partial charge in [0.2, 0.25) is 5.91 Å². The minimum absolute atomic E-state index is 0.0599. The highest BCUT2D eigenvalue weighted by Gasteiger charge is 2.48. The second-order valence-electron chi connectivity index (χ2n) is 8.59. The molecule has 1 atom stereocenters. The number of hydrogen-bond donors (Lipinski definition) is 1. The van der Waals surface area contributed by atoms with Crippen molar-refractivity contribution < 1.29 is 9.18 Å². The summed E-state index contributed by atoms with van der Waals surface area (Å²) in [6, 6.07) is 11.7. The van der Waals surface area contributed by atoms with Crippen LogP contribution in [0.15, 0.2) is 36.4 Å². The highest BCUT2D eigenvalue weighted by atomic mass is 19.1. The lowest BCUT2D eigenvalue weighted by atomic mass is 9.68. The fourth-order valence-electron chi connectivity index (χ4n) is 5.59. The first kappa shape index (κ1) is 17.9. The predicted octanol–water partition coefficient (Wildman–Crippen LogP) is 4.58. The Hall–Kier alpha value is -2.20. The molecule has 0 spiro atoms. The molecule has 0 aromatic heterocycles. The van der Waals surface area contributed by atoms with E-state index in [0.717, 1.165) is 81.4 Å². The SMILES string of the molecule is O=C1Nc2cccc3c2C1(CCCCN1CCc2c(F)cccc2C1)CCC3. The Morgan fingerprint density at radius 2 is 1.93 bits per heavy atom. The van der Waals surface area contributed by atoms with Gasteiger partial charge in [0.15, 0.2) is 0 Å². The molecule has 1 unspecified atom stereocenters. The number of carbonyl (C=O) groups excluding carboxylic acids is 1. The van der Waals surface area contributed by atoms with Gasteiger partial charge in [0.25, 0.3) is 0 Å². The Balaban J connectivity index is 1.22. The van der Waals surface area contributed by atoms with Gasteiger partial charge >= 0.3 is 0 Å². The first-order chi connectivity index (χ1) is 13.7. The van der Waals surface area contributed by atoms with E-state index in [1.54, 1.807) is 6.07 Å². The van der Waals surface area contributed by atoms with E-state index in [0.29, 0.717) is 0 Å². The Labute approximate surface area is 165 Å². The summed E-state index contributed by atoms with van der Waals surface area (Å²) in [5, 5.41) is 3.14. The van der Waals surface area contributed by atoms with Gasteiger partial charge in [-0.05, 0) is 79.5 Å². The number of amides is 1. The van der Waals surface area contributed by atoms with Gasteiger partial charge < -0.3 is 5.32 Å². The molecule has 1 aliphatic carbocycles. The quantitative estimate of drug-likeness (QED) is 0.773. The fraction of sp³-hybridized carbons (Fsp3) is 0.458. The van der Waals surface area contributed by atoms with Gasteiger partial charge in [0, 0.05) is 18.8 Å². The predicted molar refractivity (Wildman–Crippen MR) is 109 cm³/mol. The maximum atomic E-state index is 13.9. The van der Waals surface area contributed by atoms with E-state index in [1.807, 2.05) is 18.2 Å². The van der Waals surface area contributed by atoms with E-state index in [2.05, 4.69) is 22.3 Å². The van der Waals surface area contributed by atoms with Crippen molar-refractivity contribution in [1.29, 1.82) is 0 Å². The third kappa shape index (κ3) is 2.86. The van der Waals surface area contributed by atoms with Crippen molar-refractivity contribution in [3.63, 3.8) is 0 Å².